The number of rotatable bonds is 2. The average molecular weight is 402 g/mol. The first-order valence-electron chi connectivity index (χ1n) is 11.4. The van der Waals surface area contributed by atoms with Gasteiger partial charge in [-0.05, 0) is 41.7 Å². The van der Waals surface area contributed by atoms with Crippen molar-refractivity contribution < 1.29 is 4.42 Å². The summed E-state index contributed by atoms with van der Waals surface area (Å²) in [5.41, 5.74) is 11.5. The smallest absolute Gasteiger partial charge is 0.250 e. The largest absolute Gasteiger partial charge is 0.326 e. The fourth-order valence-corrected chi connectivity index (χ4v) is 6.85. The van der Waals surface area contributed by atoms with Crippen LogP contribution in [0.3, 0.4) is 0 Å². The Hall–Kier alpha value is -3.19. The predicted molar refractivity (Wildman–Crippen MR) is 126 cm³/mol. The zero-order valence-electron chi connectivity index (χ0n) is 17.9. The summed E-state index contributed by atoms with van der Waals surface area (Å²) in [7, 11) is 0. The lowest BCUT2D eigenvalue weighted by atomic mass is 9.68. The number of hydrogen-bond acceptors (Lipinski definition) is 0. The van der Waals surface area contributed by atoms with E-state index in [0.29, 0.717) is 23.7 Å². The van der Waals surface area contributed by atoms with Crippen LogP contribution in [0.15, 0.2) is 96.1 Å². The van der Waals surface area contributed by atoms with E-state index in [1.807, 2.05) is 0 Å². The molecule has 31 heavy (non-hydrogen) atoms. The average Bonchev–Trinajstić information content (AvgIpc) is 3.56. The van der Waals surface area contributed by atoms with Gasteiger partial charge < -0.3 is 0 Å². The van der Waals surface area contributed by atoms with Crippen LogP contribution in [0.25, 0.3) is 16.7 Å². The van der Waals surface area contributed by atoms with Crippen LogP contribution in [-0.4, -0.2) is 11.9 Å². The fraction of sp³-hybridized carbons (Fsp3) is 0.233. The molecule has 3 aromatic carbocycles. The number of ketones is 1. The summed E-state index contributed by atoms with van der Waals surface area (Å²) in [5, 5.41) is 0. The lowest BCUT2D eigenvalue weighted by Gasteiger charge is -2.27. The van der Waals surface area contributed by atoms with Gasteiger partial charge in [-0.15, -0.1) is 0 Å². The second-order valence-electron chi connectivity index (χ2n) is 9.63. The third-order valence-corrected chi connectivity index (χ3v) is 7.92. The van der Waals surface area contributed by atoms with Crippen LogP contribution in [0.4, 0.5) is 0 Å². The first kappa shape index (κ1) is 17.5. The van der Waals surface area contributed by atoms with Crippen LogP contribution in [0.5, 0.6) is 0 Å². The first-order chi connectivity index (χ1) is 15.2. The van der Waals surface area contributed by atoms with E-state index in [-0.39, 0.29) is 6.10 Å². The molecule has 0 saturated heterocycles. The van der Waals surface area contributed by atoms with Gasteiger partial charge in [0.2, 0.25) is 0 Å². The molecule has 0 radical (unpaired) electrons. The molecular weight excluding hydrogens is 376 g/mol. The molecule has 4 bridgehead atoms. The molecule has 3 aromatic rings. The number of benzene rings is 3. The minimum atomic E-state index is 0.189. The summed E-state index contributed by atoms with van der Waals surface area (Å²) < 4.78 is 6.56. The minimum Gasteiger partial charge on any atom is -0.250 e. The van der Waals surface area contributed by atoms with Gasteiger partial charge in [-0.3, -0.25) is 4.42 Å². The molecule has 4 aliphatic rings. The molecule has 150 valence electrons. The Morgan fingerprint density at radius 3 is 2.13 bits per heavy atom. The lowest BCUT2D eigenvalue weighted by molar-refractivity contribution is -0.478. The van der Waals surface area contributed by atoms with Crippen molar-refractivity contribution in [3.63, 3.8) is 0 Å². The number of hydrogen-bond donors (Lipinski definition) is 0. The molecule has 1 fully saturated rings. The lowest BCUT2D eigenvalue weighted by Crippen LogP contribution is -2.32. The van der Waals surface area contributed by atoms with Crippen molar-refractivity contribution in [3.05, 3.63) is 113 Å². The number of allylic oxidation sites excluding steroid dienone is 3. The van der Waals surface area contributed by atoms with Crippen molar-refractivity contribution >= 4 is 11.4 Å². The maximum absolute atomic E-state index is 6.56. The zero-order chi connectivity index (χ0) is 20.7. The van der Waals surface area contributed by atoms with Crippen molar-refractivity contribution in [2.24, 2.45) is 11.8 Å². The molecule has 1 nitrogen and oxygen atoms in total. The van der Waals surface area contributed by atoms with Gasteiger partial charge in [0.05, 0.1) is 23.5 Å². The molecule has 7 rings (SSSR count). The summed E-state index contributed by atoms with van der Waals surface area (Å²) in [4.78, 5) is 0. The Morgan fingerprint density at radius 2 is 1.42 bits per heavy atom. The van der Waals surface area contributed by atoms with Gasteiger partial charge in [0.15, 0.2) is 0 Å². The third-order valence-electron chi connectivity index (χ3n) is 7.92. The van der Waals surface area contributed by atoms with Crippen molar-refractivity contribution in [1.29, 1.82) is 0 Å². The molecule has 5 unspecified atom stereocenters. The highest BCUT2D eigenvalue weighted by Crippen LogP contribution is 2.68. The molecule has 1 saturated carbocycles. The van der Waals surface area contributed by atoms with Gasteiger partial charge in [-0.1, -0.05) is 90.0 Å². The fourth-order valence-electron chi connectivity index (χ4n) is 6.85. The van der Waals surface area contributed by atoms with Gasteiger partial charge in [0.1, 0.15) is 0 Å². The topological polar surface area (TPSA) is 11.3 Å². The molecule has 5 atom stereocenters. The summed E-state index contributed by atoms with van der Waals surface area (Å²) in [6, 6.07) is 28.8. The molecular formula is C30H25O+. The summed E-state index contributed by atoms with van der Waals surface area (Å²) in [5.74, 6) is 3.18. The zero-order valence-corrected chi connectivity index (χ0v) is 17.9. The molecule has 0 spiro atoms. The van der Waals surface area contributed by atoms with Crippen LogP contribution < -0.4 is 0 Å². The van der Waals surface area contributed by atoms with Crippen LogP contribution >= 0.6 is 0 Å². The van der Waals surface area contributed by atoms with Crippen molar-refractivity contribution in [2.75, 3.05) is 0 Å². The Morgan fingerprint density at radius 1 is 0.710 bits per heavy atom. The van der Waals surface area contributed by atoms with E-state index in [1.54, 1.807) is 5.57 Å². The van der Waals surface area contributed by atoms with Crippen molar-refractivity contribution in [3.8, 4) is 11.1 Å². The summed E-state index contributed by atoms with van der Waals surface area (Å²) in [6.45, 7) is 4.61. The van der Waals surface area contributed by atoms with E-state index < -0.39 is 0 Å². The van der Waals surface area contributed by atoms with Crippen molar-refractivity contribution in [1.82, 2.24) is 0 Å². The number of fused-ring (bicyclic) bond motifs is 11. The predicted octanol–water partition coefficient (Wildman–Crippen LogP) is 6.70. The first-order valence-corrected chi connectivity index (χ1v) is 11.4. The van der Waals surface area contributed by atoms with Gasteiger partial charge in [-0.2, -0.15) is 0 Å². The Kier molecular flexibility index (Phi) is 3.48. The second-order valence-corrected chi connectivity index (χ2v) is 9.63. The highest BCUT2D eigenvalue weighted by molar-refractivity contribution is 6.06. The van der Waals surface area contributed by atoms with E-state index in [2.05, 4.69) is 98.8 Å². The summed E-state index contributed by atoms with van der Waals surface area (Å²) in [6.07, 6.45) is 2.54. The van der Waals surface area contributed by atoms with E-state index in [0.717, 1.165) is 0 Å². The Balaban J connectivity index is 1.36. The quantitative estimate of drug-likeness (QED) is 0.334. The van der Waals surface area contributed by atoms with E-state index >= 15 is 0 Å². The van der Waals surface area contributed by atoms with Crippen LogP contribution in [0, 0.1) is 11.8 Å². The highest BCUT2D eigenvalue weighted by atomic mass is 16.4. The van der Waals surface area contributed by atoms with E-state index in [9.17, 15) is 0 Å². The SMILES string of the molecule is CC(C)=C1C2c3cc(-c4ccccc4)ccc3C1C1C3[O+]=C(C=C3c3ccccc3)C21. The van der Waals surface area contributed by atoms with Gasteiger partial charge >= 0.3 is 11.9 Å². The molecule has 1 heteroatoms. The standard InChI is InChI=1S/C30H25O/c1-17(2)25-26-21-14-13-20(18-9-5-3-6-10-18)15-23(21)27(25)28-24-16-22(30(31-24)29(26)28)19-11-7-4-8-12-19/h3-16,26-30H,1-2H3/q+1. The molecule has 2 aliphatic carbocycles. The molecule has 2 heterocycles. The Bertz CT molecular complexity index is 1310. The maximum Gasteiger partial charge on any atom is 0.326 e. The molecule has 0 amide bonds. The van der Waals surface area contributed by atoms with Crippen LogP contribution in [0.1, 0.15) is 42.4 Å². The molecule has 0 N–H and O–H groups in total. The molecule has 0 aromatic heterocycles. The number of carbonyl (C=O) groups excluding carboxylic acids is 1. The van der Waals surface area contributed by atoms with Crippen molar-refractivity contribution in [2.45, 2.75) is 31.8 Å². The monoisotopic (exact) mass is 401 g/mol. The second kappa shape index (κ2) is 6.17. The normalized spacial score (nSPS) is 29.0. The van der Waals surface area contributed by atoms with E-state index in [4.69, 9.17) is 4.42 Å². The Labute approximate surface area is 183 Å². The van der Waals surface area contributed by atoms with Gasteiger partial charge in [0, 0.05) is 11.8 Å². The molecule has 2 aliphatic heterocycles. The van der Waals surface area contributed by atoms with Crippen LogP contribution in [0.2, 0.25) is 0 Å². The maximum atomic E-state index is 6.56. The van der Waals surface area contributed by atoms with Crippen LogP contribution in [-0.2, 0) is 4.42 Å². The summed E-state index contributed by atoms with van der Waals surface area (Å²) >= 11 is 0. The van der Waals surface area contributed by atoms with Gasteiger partial charge in [0.25, 0.3) is 0 Å². The highest BCUT2D eigenvalue weighted by Gasteiger charge is 2.70. The minimum absolute atomic E-state index is 0.189. The third kappa shape index (κ3) is 2.24. The van der Waals surface area contributed by atoms with E-state index in [1.165, 1.54) is 44.7 Å². The van der Waals surface area contributed by atoms with Gasteiger partial charge in [-0.25, -0.2) is 0 Å².